The Morgan fingerprint density at radius 1 is 1.10 bits per heavy atom. The van der Waals surface area contributed by atoms with Gasteiger partial charge in [0.25, 0.3) is 17.5 Å². The molecule has 0 atom stereocenters. The zero-order valence-electron chi connectivity index (χ0n) is 15.7. The normalized spacial score (nSPS) is 12.4. The van der Waals surface area contributed by atoms with Crippen LogP contribution in [0.15, 0.2) is 42.5 Å². The van der Waals surface area contributed by atoms with E-state index in [1.165, 1.54) is 19.2 Å². The van der Waals surface area contributed by atoms with Crippen molar-refractivity contribution in [2.75, 3.05) is 19.0 Å². The second-order valence-corrected chi connectivity index (χ2v) is 6.24. The van der Waals surface area contributed by atoms with Crippen LogP contribution in [0.3, 0.4) is 0 Å². The third kappa shape index (κ3) is 4.09. The number of nitrogens with zero attached hydrogens (tertiary/aromatic N) is 2. The van der Waals surface area contributed by atoms with Crippen LogP contribution in [0.25, 0.3) is 0 Å². The number of anilines is 1. The Hall–Kier alpha value is -4.28. The molecule has 4 amide bonds. The van der Waals surface area contributed by atoms with Crippen LogP contribution in [0.2, 0.25) is 0 Å². The molecule has 0 aromatic heterocycles. The number of nitrogens with one attached hydrogen (secondary N) is 2. The van der Waals surface area contributed by atoms with E-state index in [0.29, 0.717) is 16.2 Å². The summed E-state index contributed by atoms with van der Waals surface area (Å²) in [4.78, 5) is 59.3. The Kier molecular flexibility index (Phi) is 5.72. The van der Waals surface area contributed by atoms with Gasteiger partial charge in [-0.15, -0.1) is 0 Å². The monoisotopic (exact) mass is 412 g/mol. The zero-order valence-corrected chi connectivity index (χ0v) is 15.7. The van der Waals surface area contributed by atoms with Crippen LogP contribution in [0, 0.1) is 10.1 Å². The standard InChI is InChI=1S/C19H16N4O7/c1-30-19(27)21-12-7-5-11(6-8-12)9-20-15(24)10-22-17(25)13-3-2-4-14(23(28)29)16(13)18(22)26/h2-8H,9-10H2,1H3,(H,20,24)(H,21,27). The van der Waals surface area contributed by atoms with E-state index in [1.807, 2.05) is 0 Å². The highest BCUT2D eigenvalue weighted by molar-refractivity contribution is 6.24. The number of nitro groups is 1. The number of carbonyl (C=O) groups is 4. The number of nitro benzene ring substituents is 1. The molecule has 0 aliphatic carbocycles. The number of imide groups is 1. The number of ether oxygens (including phenoxy) is 1. The molecular weight excluding hydrogens is 396 g/mol. The van der Waals surface area contributed by atoms with Crippen molar-refractivity contribution in [2.45, 2.75) is 6.54 Å². The summed E-state index contributed by atoms with van der Waals surface area (Å²) in [5.41, 5.74) is 0.320. The van der Waals surface area contributed by atoms with Crippen LogP contribution in [-0.4, -0.2) is 47.3 Å². The van der Waals surface area contributed by atoms with E-state index in [9.17, 15) is 29.3 Å². The SMILES string of the molecule is COC(=O)Nc1ccc(CNC(=O)CN2C(=O)c3cccc([N+](=O)[O-])c3C2=O)cc1. The Balaban J connectivity index is 1.61. The second-order valence-electron chi connectivity index (χ2n) is 6.24. The highest BCUT2D eigenvalue weighted by Gasteiger charge is 2.41. The predicted octanol–water partition coefficient (Wildman–Crippen LogP) is 1.69. The van der Waals surface area contributed by atoms with Gasteiger partial charge in [0.15, 0.2) is 0 Å². The predicted molar refractivity (Wildman–Crippen MR) is 103 cm³/mol. The van der Waals surface area contributed by atoms with Gasteiger partial charge < -0.3 is 10.1 Å². The van der Waals surface area contributed by atoms with Gasteiger partial charge in [-0.05, 0) is 23.8 Å². The molecule has 0 radical (unpaired) electrons. The molecule has 0 spiro atoms. The quantitative estimate of drug-likeness (QED) is 0.417. The number of amides is 4. The van der Waals surface area contributed by atoms with E-state index >= 15 is 0 Å². The lowest BCUT2D eigenvalue weighted by atomic mass is 10.1. The molecule has 0 saturated heterocycles. The third-order valence-electron chi connectivity index (χ3n) is 4.35. The van der Waals surface area contributed by atoms with Crippen LogP contribution in [0.4, 0.5) is 16.2 Å². The smallest absolute Gasteiger partial charge is 0.411 e. The number of hydrogen-bond acceptors (Lipinski definition) is 7. The van der Waals surface area contributed by atoms with Crippen LogP contribution in [-0.2, 0) is 16.1 Å². The Morgan fingerprint density at radius 2 is 1.80 bits per heavy atom. The first kappa shape index (κ1) is 20.5. The van der Waals surface area contributed by atoms with Crippen LogP contribution in [0.5, 0.6) is 0 Å². The molecule has 30 heavy (non-hydrogen) atoms. The average Bonchev–Trinajstić information content (AvgIpc) is 2.98. The molecule has 11 nitrogen and oxygen atoms in total. The molecule has 1 aliphatic rings. The maximum atomic E-state index is 12.5. The first-order valence-corrected chi connectivity index (χ1v) is 8.66. The van der Waals surface area contributed by atoms with Crippen LogP contribution < -0.4 is 10.6 Å². The lowest BCUT2D eigenvalue weighted by Gasteiger charge is -2.13. The summed E-state index contributed by atoms with van der Waals surface area (Å²) in [7, 11) is 1.24. The van der Waals surface area contributed by atoms with Gasteiger partial charge in [-0.3, -0.25) is 34.7 Å². The number of fused-ring (bicyclic) bond motifs is 1. The van der Waals surface area contributed by atoms with Gasteiger partial charge in [-0.25, -0.2) is 4.79 Å². The molecule has 0 fully saturated rings. The van der Waals surface area contributed by atoms with Gasteiger partial charge in [0.2, 0.25) is 5.91 Å². The van der Waals surface area contributed by atoms with Crippen molar-refractivity contribution in [1.82, 2.24) is 10.2 Å². The van der Waals surface area contributed by atoms with Crippen molar-refractivity contribution in [3.8, 4) is 0 Å². The van der Waals surface area contributed by atoms with Gasteiger partial charge in [0, 0.05) is 18.3 Å². The minimum Gasteiger partial charge on any atom is -0.453 e. The summed E-state index contributed by atoms with van der Waals surface area (Å²) in [5.74, 6) is -2.24. The second kappa shape index (κ2) is 8.39. The Bertz CT molecular complexity index is 1050. The summed E-state index contributed by atoms with van der Waals surface area (Å²) in [5, 5.41) is 16.2. The van der Waals surface area contributed by atoms with E-state index in [-0.39, 0.29) is 17.7 Å². The van der Waals surface area contributed by atoms with E-state index in [0.717, 1.165) is 6.07 Å². The fraction of sp³-hybridized carbons (Fsp3) is 0.158. The van der Waals surface area contributed by atoms with E-state index in [2.05, 4.69) is 15.4 Å². The molecule has 1 heterocycles. The number of rotatable bonds is 6. The molecule has 3 rings (SSSR count). The van der Waals surface area contributed by atoms with E-state index in [1.54, 1.807) is 24.3 Å². The fourth-order valence-corrected chi connectivity index (χ4v) is 2.89. The molecule has 11 heteroatoms. The molecule has 0 saturated carbocycles. The Labute approximate surface area is 169 Å². The van der Waals surface area contributed by atoms with E-state index < -0.39 is 41.0 Å². The van der Waals surface area contributed by atoms with Crippen molar-refractivity contribution >= 4 is 35.2 Å². The van der Waals surface area contributed by atoms with Crippen molar-refractivity contribution in [3.63, 3.8) is 0 Å². The molecule has 1 aliphatic heterocycles. The highest BCUT2D eigenvalue weighted by Crippen LogP contribution is 2.30. The summed E-state index contributed by atoms with van der Waals surface area (Å²) < 4.78 is 4.48. The summed E-state index contributed by atoms with van der Waals surface area (Å²) >= 11 is 0. The number of hydrogen-bond donors (Lipinski definition) is 2. The maximum absolute atomic E-state index is 12.5. The van der Waals surface area contributed by atoms with Gasteiger partial charge in [-0.1, -0.05) is 18.2 Å². The lowest BCUT2D eigenvalue weighted by molar-refractivity contribution is -0.385. The largest absolute Gasteiger partial charge is 0.453 e. The minimum absolute atomic E-state index is 0.101. The summed E-state index contributed by atoms with van der Waals surface area (Å²) in [6.07, 6.45) is -0.614. The van der Waals surface area contributed by atoms with Gasteiger partial charge in [0.1, 0.15) is 12.1 Å². The molecule has 2 aromatic carbocycles. The van der Waals surface area contributed by atoms with Gasteiger partial charge in [0.05, 0.1) is 17.6 Å². The van der Waals surface area contributed by atoms with Crippen molar-refractivity contribution in [1.29, 1.82) is 0 Å². The highest BCUT2D eigenvalue weighted by atomic mass is 16.6. The summed E-state index contributed by atoms with van der Waals surface area (Å²) in [6.45, 7) is -0.452. The molecule has 0 bridgehead atoms. The summed E-state index contributed by atoms with van der Waals surface area (Å²) in [6, 6.07) is 10.3. The Morgan fingerprint density at radius 3 is 2.43 bits per heavy atom. The number of benzene rings is 2. The molecule has 154 valence electrons. The molecule has 2 aromatic rings. The van der Waals surface area contributed by atoms with Gasteiger partial charge in [-0.2, -0.15) is 0 Å². The van der Waals surface area contributed by atoms with Crippen molar-refractivity contribution < 1.29 is 28.8 Å². The van der Waals surface area contributed by atoms with Crippen LogP contribution in [0.1, 0.15) is 26.3 Å². The van der Waals surface area contributed by atoms with Crippen molar-refractivity contribution in [3.05, 3.63) is 69.3 Å². The lowest BCUT2D eigenvalue weighted by Crippen LogP contribution is -2.40. The maximum Gasteiger partial charge on any atom is 0.411 e. The van der Waals surface area contributed by atoms with Crippen molar-refractivity contribution in [2.24, 2.45) is 0 Å². The third-order valence-corrected chi connectivity index (χ3v) is 4.35. The first-order valence-electron chi connectivity index (χ1n) is 8.66. The molecular formula is C19H16N4O7. The number of carbonyl (C=O) groups excluding carboxylic acids is 4. The van der Waals surface area contributed by atoms with Gasteiger partial charge >= 0.3 is 6.09 Å². The molecule has 0 unspecified atom stereocenters. The minimum atomic E-state index is -0.879. The van der Waals surface area contributed by atoms with E-state index in [4.69, 9.17) is 0 Å². The zero-order chi connectivity index (χ0) is 21.8. The first-order chi connectivity index (χ1) is 14.3. The number of methoxy groups -OCH3 is 1. The van der Waals surface area contributed by atoms with Crippen LogP contribution >= 0.6 is 0 Å². The fourth-order valence-electron chi connectivity index (χ4n) is 2.89. The topological polar surface area (TPSA) is 148 Å². The molecule has 2 N–H and O–H groups in total. The average molecular weight is 412 g/mol.